The van der Waals surface area contributed by atoms with E-state index in [0.29, 0.717) is 6.10 Å². The van der Waals surface area contributed by atoms with Crippen molar-refractivity contribution in [1.29, 1.82) is 0 Å². The van der Waals surface area contributed by atoms with Gasteiger partial charge >= 0.3 is 0 Å². The first-order chi connectivity index (χ1) is 9.36. The summed E-state index contributed by atoms with van der Waals surface area (Å²) in [5, 5.41) is 3.70. The largest absolute Gasteiger partial charge is 0.381 e. The van der Waals surface area contributed by atoms with Crippen molar-refractivity contribution >= 4 is 0 Å². The molecule has 3 nitrogen and oxygen atoms in total. The van der Waals surface area contributed by atoms with Crippen LogP contribution in [0.1, 0.15) is 51.4 Å². The zero-order chi connectivity index (χ0) is 13.1. The SMILES string of the molecule is COC1CCC(N2CCC(C3CCCN3)CC2)CC1. The molecule has 1 aliphatic carbocycles. The first-order valence-electron chi connectivity index (χ1n) is 8.37. The second kappa shape index (κ2) is 6.55. The number of nitrogens with zero attached hydrogens (tertiary/aromatic N) is 1. The van der Waals surface area contributed by atoms with Crippen molar-refractivity contribution in [2.24, 2.45) is 5.92 Å². The molecule has 1 atom stereocenters. The monoisotopic (exact) mass is 266 g/mol. The molecule has 3 aliphatic rings. The summed E-state index contributed by atoms with van der Waals surface area (Å²) in [5.41, 5.74) is 0. The summed E-state index contributed by atoms with van der Waals surface area (Å²) in [7, 11) is 1.87. The fraction of sp³-hybridized carbons (Fsp3) is 1.00. The molecule has 2 heterocycles. The maximum atomic E-state index is 5.48. The number of rotatable bonds is 3. The second-order valence-electron chi connectivity index (χ2n) is 6.74. The summed E-state index contributed by atoms with van der Waals surface area (Å²) < 4.78 is 5.48. The van der Waals surface area contributed by atoms with Gasteiger partial charge in [-0.25, -0.2) is 0 Å². The maximum absolute atomic E-state index is 5.48. The van der Waals surface area contributed by atoms with Crippen LogP contribution in [0.2, 0.25) is 0 Å². The van der Waals surface area contributed by atoms with Gasteiger partial charge in [0.2, 0.25) is 0 Å². The third kappa shape index (κ3) is 3.32. The number of nitrogens with one attached hydrogen (secondary N) is 1. The Bertz CT molecular complexity index is 262. The molecular formula is C16H30N2O. The lowest BCUT2D eigenvalue weighted by atomic mass is 9.85. The van der Waals surface area contributed by atoms with Crippen LogP contribution in [0.15, 0.2) is 0 Å². The Balaban J connectivity index is 1.42. The normalized spacial score (nSPS) is 38.7. The van der Waals surface area contributed by atoms with Gasteiger partial charge in [-0.3, -0.25) is 0 Å². The lowest BCUT2D eigenvalue weighted by molar-refractivity contribution is 0.0271. The van der Waals surface area contributed by atoms with Gasteiger partial charge in [0, 0.05) is 19.2 Å². The van der Waals surface area contributed by atoms with E-state index in [1.807, 2.05) is 7.11 Å². The maximum Gasteiger partial charge on any atom is 0.0572 e. The van der Waals surface area contributed by atoms with E-state index in [9.17, 15) is 0 Å². The molecule has 3 rings (SSSR count). The zero-order valence-corrected chi connectivity index (χ0v) is 12.4. The summed E-state index contributed by atoms with van der Waals surface area (Å²) in [4.78, 5) is 2.78. The molecule has 0 amide bonds. The van der Waals surface area contributed by atoms with Crippen LogP contribution in [-0.4, -0.2) is 49.8 Å². The second-order valence-corrected chi connectivity index (χ2v) is 6.74. The average molecular weight is 266 g/mol. The molecule has 0 radical (unpaired) electrons. The zero-order valence-electron chi connectivity index (χ0n) is 12.4. The van der Waals surface area contributed by atoms with Crippen LogP contribution >= 0.6 is 0 Å². The van der Waals surface area contributed by atoms with Gasteiger partial charge in [-0.1, -0.05) is 0 Å². The van der Waals surface area contributed by atoms with E-state index in [1.54, 1.807) is 0 Å². The van der Waals surface area contributed by atoms with E-state index >= 15 is 0 Å². The molecule has 0 aromatic heterocycles. The van der Waals surface area contributed by atoms with Gasteiger partial charge in [-0.05, 0) is 76.9 Å². The van der Waals surface area contributed by atoms with Gasteiger partial charge < -0.3 is 15.0 Å². The van der Waals surface area contributed by atoms with Crippen LogP contribution in [0.5, 0.6) is 0 Å². The average Bonchev–Trinajstić information content (AvgIpc) is 3.02. The van der Waals surface area contributed by atoms with Crippen molar-refractivity contribution in [3.63, 3.8) is 0 Å². The van der Waals surface area contributed by atoms with Crippen LogP contribution in [-0.2, 0) is 4.74 Å². The lowest BCUT2D eigenvalue weighted by Crippen LogP contribution is -2.46. The van der Waals surface area contributed by atoms with Crippen molar-refractivity contribution < 1.29 is 4.74 Å². The summed E-state index contributed by atoms with van der Waals surface area (Å²) >= 11 is 0. The number of piperidine rings is 1. The number of methoxy groups -OCH3 is 1. The van der Waals surface area contributed by atoms with E-state index in [1.165, 1.54) is 71.0 Å². The van der Waals surface area contributed by atoms with E-state index in [0.717, 1.165) is 18.0 Å². The highest BCUT2D eigenvalue weighted by molar-refractivity contribution is 4.88. The van der Waals surface area contributed by atoms with Crippen LogP contribution < -0.4 is 5.32 Å². The minimum atomic E-state index is 0.538. The van der Waals surface area contributed by atoms with Crippen molar-refractivity contribution in [2.45, 2.75) is 69.6 Å². The van der Waals surface area contributed by atoms with Gasteiger partial charge in [0.25, 0.3) is 0 Å². The summed E-state index contributed by atoms with van der Waals surface area (Å²) in [6.45, 7) is 3.93. The Morgan fingerprint density at radius 2 is 1.68 bits per heavy atom. The molecule has 1 saturated carbocycles. The Hall–Kier alpha value is -0.120. The molecule has 1 N–H and O–H groups in total. The molecule has 0 aromatic rings. The first kappa shape index (κ1) is 13.8. The van der Waals surface area contributed by atoms with Gasteiger partial charge in [0.1, 0.15) is 0 Å². The van der Waals surface area contributed by atoms with Crippen molar-refractivity contribution in [1.82, 2.24) is 10.2 Å². The first-order valence-corrected chi connectivity index (χ1v) is 8.37. The van der Waals surface area contributed by atoms with Crippen molar-refractivity contribution in [2.75, 3.05) is 26.7 Å². The fourth-order valence-corrected chi connectivity index (χ4v) is 4.45. The smallest absolute Gasteiger partial charge is 0.0572 e. The number of hydrogen-bond acceptors (Lipinski definition) is 3. The highest BCUT2D eigenvalue weighted by Gasteiger charge is 2.32. The van der Waals surface area contributed by atoms with Gasteiger partial charge in [-0.2, -0.15) is 0 Å². The van der Waals surface area contributed by atoms with Crippen LogP contribution in [0, 0.1) is 5.92 Å². The third-order valence-corrected chi connectivity index (χ3v) is 5.74. The Labute approximate surface area is 118 Å². The summed E-state index contributed by atoms with van der Waals surface area (Å²) in [6, 6.07) is 1.69. The lowest BCUT2D eigenvalue weighted by Gasteiger charge is -2.41. The molecule has 3 fully saturated rings. The van der Waals surface area contributed by atoms with Gasteiger partial charge in [0.05, 0.1) is 6.10 Å². The van der Waals surface area contributed by atoms with E-state index < -0.39 is 0 Å². The molecule has 0 spiro atoms. The van der Waals surface area contributed by atoms with E-state index in [-0.39, 0.29) is 0 Å². The predicted molar refractivity (Wildman–Crippen MR) is 78.4 cm³/mol. The molecule has 2 aliphatic heterocycles. The van der Waals surface area contributed by atoms with Crippen molar-refractivity contribution in [3.8, 4) is 0 Å². The number of hydrogen-bond donors (Lipinski definition) is 1. The highest BCUT2D eigenvalue weighted by Crippen LogP contribution is 2.30. The molecule has 0 aromatic carbocycles. The van der Waals surface area contributed by atoms with E-state index in [2.05, 4.69) is 10.2 Å². The van der Waals surface area contributed by atoms with E-state index in [4.69, 9.17) is 4.74 Å². The topological polar surface area (TPSA) is 24.5 Å². The Morgan fingerprint density at radius 1 is 0.947 bits per heavy atom. The minimum Gasteiger partial charge on any atom is -0.381 e. The molecule has 0 bridgehead atoms. The van der Waals surface area contributed by atoms with Gasteiger partial charge in [0.15, 0.2) is 0 Å². The molecule has 1 unspecified atom stereocenters. The molecule has 19 heavy (non-hydrogen) atoms. The Kier molecular flexibility index (Phi) is 4.78. The highest BCUT2D eigenvalue weighted by atomic mass is 16.5. The summed E-state index contributed by atoms with van der Waals surface area (Å²) in [5.74, 6) is 0.953. The van der Waals surface area contributed by atoms with Crippen LogP contribution in [0.4, 0.5) is 0 Å². The van der Waals surface area contributed by atoms with Crippen molar-refractivity contribution in [3.05, 3.63) is 0 Å². The molecular weight excluding hydrogens is 236 g/mol. The standard InChI is InChI=1S/C16H30N2O/c1-19-15-6-4-14(5-7-15)18-11-8-13(9-12-18)16-3-2-10-17-16/h13-17H,2-12H2,1H3. The number of likely N-dealkylation sites (tertiary alicyclic amines) is 1. The Morgan fingerprint density at radius 3 is 2.26 bits per heavy atom. The van der Waals surface area contributed by atoms with Crippen LogP contribution in [0.25, 0.3) is 0 Å². The molecule has 2 saturated heterocycles. The summed E-state index contributed by atoms with van der Waals surface area (Å²) in [6.07, 6.45) is 11.4. The molecule has 3 heteroatoms. The van der Waals surface area contributed by atoms with Gasteiger partial charge in [-0.15, -0.1) is 0 Å². The number of ether oxygens (including phenoxy) is 1. The van der Waals surface area contributed by atoms with Crippen LogP contribution in [0.3, 0.4) is 0 Å². The third-order valence-electron chi connectivity index (χ3n) is 5.74. The predicted octanol–water partition coefficient (Wildman–Crippen LogP) is 2.41. The minimum absolute atomic E-state index is 0.538. The fourth-order valence-electron chi connectivity index (χ4n) is 4.45. The quantitative estimate of drug-likeness (QED) is 0.849. The molecule has 110 valence electrons.